The fraction of sp³-hybridized carbons (Fsp3) is 0.385. The van der Waals surface area contributed by atoms with E-state index in [1.54, 1.807) is 12.1 Å². The van der Waals surface area contributed by atoms with Crippen LogP contribution in [0.25, 0.3) is 0 Å². The van der Waals surface area contributed by atoms with E-state index in [9.17, 15) is 9.59 Å². The van der Waals surface area contributed by atoms with Crippen LogP contribution in [0.1, 0.15) is 34.1 Å². The van der Waals surface area contributed by atoms with Gasteiger partial charge in [0.1, 0.15) is 0 Å². The van der Waals surface area contributed by atoms with Gasteiger partial charge in [-0.25, -0.2) is 0 Å². The summed E-state index contributed by atoms with van der Waals surface area (Å²) in [5, 5.41) is 3.24. The van der Waals surface area contributed by atoms with Crippen LogP contribution in [0.5, 0.6) is 0 Å². The van der Waals surface area contributed by atoms with Crippen molar-refractivity contribution in [1.29, 1.82) is 0 Å². The lowest BCUT2D eigenvalue weighted by Gasteiger charge is -2.18. The van der Waals surface area contributed by atoms with Crippen molar-refractivity contribution in [3.8, 4) is 0 Å². The molecule has 2 atom stereocenters. The molecule has 1 heterocycles. The van der Waals surface area contributed by atoms with E-state index in [2.05, 4.69) is 5.32 Å². The van der Waals surface area contributed by atoms with Gasteiger partial charge < -0.3 is 21.5 Å². The van der Waals surface area contributed by atoms with Gasteiger partial charge >= 0.3 is 0 Å². The number of rotatable bonds is 4. The number of amides is 2. The molecule has 0 radical (unpaired) electrons. The van der Waals surface area contributed by atoms with Crippen molar-refractivity contribution in [3.63, 3.8) is 0 Å². The molecule has 6 heteroatoms. The molecule has 2 rings (SSSR count). The Morgan fingerprint density at radius 1 is 1.21 bits per heavy atom. The predicted molar refractivity (Wildman–Crippen MR) is 70.9 cm³/mol. The maximum Gasteiger partial charge on any atom is 0.248 e. The van der Waals surface area contributed by atoms with E-state index >= 15 is 0 Å². The lowest BCUT2D eigenvalue weighted by atomic mass is 10.1. The van der Waals surface area contributed by atoms with Gasteiger partial charge in [-0.2, -0.15) is 0 Å². The summed E-state index contributed by atoms with van der Waals surface area (Å²) in [6, 6.07) is 4.76. The smallest absolute Gasteiger partial charge is 0.248 e. The molecule has 0 aromatic heterocycles. The first kappa shape index (κ1) is 13.4. The largest absolute Gasteiger partial charge is 0.380 e. The molecule has 6 nitrogen and oxygen atoms in total. The monoisotopic (exact) mass is 263 g/mol. The highest BCUT2D eigenvalue weighted by molar-refractivity contribution is 5.99. The molecule has 0 bridgehead atoms. The van der Waals surface area contributed by atoms with Crippen LogP contribution in [0.2, 0.25) is 0 Å². The maximum absolute atomic E-state index is 11.2. The fourth-order valence-electron chi connectivity index (χ4n) is 2.13. The number of nitrogens with two attached hydrogens (primary N) is 2. The van der Waals surface area contributed by atoms with E-state index < -0.39 is 11.8 Å². The van der Waals surface area contributed by atoms with Crippen LogP contribution < -0.4 is 16.8 Å². The number of carbonyl (C=O) groups excluding carboxylic acids is 2. The number of nitrogens with one attached hydrogen (secondary N) is 1. The second-order valence-corrected chi connectivity index (χ2v) is 4.64. The third-order valence-corrected chi connectivity index (χ3v) is 3.23. The zero-order valence-corrected chi connectivity index (χ0v) is 10.7. The van der Waals surface area contributed by atoms with Gasteiger partial charge in [0.15, 0.2) is 0 Å². The molecule has 1 aliphatic rings. The van der Waals surface area contributed by atoms with Crippen molar-refractivity contribution in [2.75, 3.05) is 11.9 Å². The molecule has 0 spiro atoms. The highest BCUT2D eigenvalue weighted by Gasteiger charge is 2.24. The van der Waals surface area contributed by atoms with E-state index in [1.165, 1.54) is 6.07 Å². The topological polar surface area (TPSA) is 107 Å². The summed E-state index contributed by atoms with van der Waals surface area (Å²) in [7, 11) is 0. The van der Waals surface area contributed by atoms with Crippen LogP contribution in [0.3, 0.4) is 0 Å². The molecule has 5 N–H and O–H groups in total. The van der Waals surface area contributed by atoms with Crippen LogP contribution in [-0.4, -0.2) is 30.6 Å². The van der Waals surface area contributed by atoms with E-state index in [1.807, 2.05) is 6.92 Å². The summed E-state index contributed by atoms with van der Waals surface area (Å²) < 4.78 is 5.45. The number of carbonyl (C=O) groups is 2. The first-order valence-electron chi connectivity index (χ1n) is 6.10. The molecule has 102 valence electrons. The van der Waals surface area contributed by atoms with Gasteiger partial charge in [0.2, 0.25) is 11.8 Å². The molecule has 2 amide bonds. The number of hydrogen-bond acceptors (Lipinski definition) is 4. The Hall–Kier alpha value is -2.08. The van der Waals surface area contributed by atoms with Crippen molar-refractivity contribution in [2.24, 2.45) is 11.5 Å². The van der Waals surface area contributed by atoms with Crippen LogP contribution in [0.4, 0.5) is 5.69 Å². The van der Waals surface area contributed by atoms with E-state index in [0.29, 0.717) is 12.3 Å². The second-order valence-electron chi connectivity index (χ2n) is 4.64. The van der Waals surface area contributed by atoms with Crippen LogP contribution >= 0.6 is 0 Å². The van der Waals surface area contributed by atoms with Gasteiger partial charge in [0, 0.05) is 23.4 Å². The van der Waals surface area contributed by atoms with E-state index in [0.717, 1.165) is 6.42 Å². The standard InChI is InChI=1S/C13H17N3O3/c1-7-11(2-3-19-7)16-10-5-8(12(14)17)4-9(6-10)13(15)18/h4-7,11,16H,2-3H2,1H3,(H2,14,17)(H2,15,18). The van der Waals surface area contributed by atoms with Crippen molar-refractivity contribution in [2.45, 2.75) is 25.5 Å². The van der Waals surface area contributed by atoms with Gasteiger partial charge in [0.05, 0.1) is 12.1 Å². The van der Waals surface area contributed by atoms with Gasteiger partial charge in [0.25, 0.3) is 0 Å². The molecule has 0 aliphatic carbocycles. The quantitative estimate of drug-likeness (QED) is 0.734. The predicted octanol–water partition coefficient (Wildman–Crippen LogP) is 0.474. The van der Waals surface area contributed by atoms with Gasteiger partial charge in [-0.1, -0.05) is 0 Å². The third kappa shape index (κ3) is 3.03. The SMILES string of the molecule is CC1OCCC1Nc1cc(C(N)=O)cc(C(N)=O)c1. The first-order valence-corrected chi connectivity index (χ1v) is 6.10. The number of anilines is 1. The summed E-state index contributed by atoms with van der Waals surface area (Å²) in [4.78, 5) is 22.5. The average Bonchev–Trinajstić information content (AvgIpc) is 2.74. The average molecular weight is 263 g/mol. The van der Waals surface area contributed by atoms with Crippen molar-refractivity contribution in [1.82, 2.24) is 0 Å². The Balaban J connectivity index is 2.28. The highest BCUT2D eigenvalue weighted by atomic mass is 16.5. The summed E-state index contributed by atoms with van der Waals surface area (Å²) in [5.74, 6) is -1.19. The normalized spacial score (nSPS) is 22.2. The lowest BCUT2D eigenvalue weighted by Crippen LogP contribution is -2.27. The Morgan fingerprint density at radius 3 is 2.21 bits per heavy atom. The second kappa shape index (κ2) is 5.27. The molecule has 0 saturated carbocycles. The minimum absolute atomic E-state index is 0.0780. The van der Waals surface area contributed by atoms with E-state index in [-0.39, 0.29) is 23.3 Å². The number of hydrogen-bond donors (Lipinski definition) is 3. The molecule has 1 saturated heterocycles. The van der Waals surface area contributed by atoms with Gasteiger partial charge in [-0.15, -0.1) is 0 Å². The molecule has 1 aromatic carbocycles. The van der Waals surface area contributed by atoms with Crippen LogP contribution in [0, 0.1) is 0 Å². The zero-order valence-electron chi connectivity index (χ0n) is 10.7. The Labute approximate surface area is 111 Å². The Bertz CT molecular complexity index is 484. The van der Waals surface area contributed by atoms with Gasteiger partial charge in [-0.05, 0) is 31.5 Å². The Kier molecular flexibility index (Phi) is 3.71. The zero-order chi connectivity index (χ0) is 14.0. The first-order chi connectivity index (χ1) is 8.97. The molecule has 1 fully saturated rings. The third-order valence-electron chi connectivity index (χ3n) is 3.23. The number of ether oxygens (including phenoxy) is 1. The molecule has 1 aliphatic heterocycles. The van der Waals surface area contributed by atoms with Crippen LogP contribution in [0.15, 0.2) is 18.2 Å². The molecule has 2 unspecified atom stereocenters. The van der Waals surface area contributed by atoms with Gasteiger partial charge in [-0.3, -0.25) is 9.59 Å². The fourth-order valence-corrected chi connectivity index (χ4v) is 2.13. The molecule has 1 aromatic rings. The number of benzene rings is 1. The van der Waals surface area contributed by atoms with Crippen molar-refractivity contribution in [3.05, 3.63) is 29.3 Å². The van der Waals surface area contributed by atoms with Crippen molar-refractivity contribution < 1.29 is 14.3 Å². The molecule has 19 heavy (non-hydrogen) atoms. The molecular weight excluding hydrogens is 246 g/mol. The number of primary amides is 2. The summed E-state index contributed by atoms with van der Waals surface area (Å²) in [5.41, 5.74) is 11.6. The highest BCUT2D eigenvalue weighted by Crippen LogP contribution is 2.21. The van der Waals surface area contributed by atoms with Crippen LogP contribution in [-0.2, 0) is 4.74 Å². The lowest BCUT2D eigenvalue weighted by molar-refractivity contribution is 0.0999. The minimum Gasteiger partial charge on any atom is -0.380 e. The minimum atomic E-state index is -0.595. The molecular formula is C13H17N3O3. The van der Waals surface area contributed by atoms with Crippen molar-refractivity contribution >= 4 is 17.5 Å². The summed E-state index contributed by atoms with van der Waals surface area (Å²) >= 11 is 0. The Morgan fingerprint density at radius 2 is 1.79 bits per heavy atom. The maximum atomic E-state index is 11.2. The summed E-state index contributed by atoms with van der Waals surface area (Å²) in [6.45, 7) is 2.66. The van der Waals surface area contributed by atoms with E-state index in [4.69, 9.17) is 16.2 Å². The summed E-state index contributed by atoms with van der Waals surface area (Å²) in [6.07, 6.45) is 0.947.